The highest BCUT2D eigenvalue weighted by atomic mass is 35.5. The van der Waals surface area contributed by atoms with Crippen molar-refractivity contribution in [1.82, 2.24) is 10.2 Å². The van der Waals surface area contributed by atoms with Crippen LogP contribution in [0.3, 0.4) is 0 Å². The average molecular weight is 634 g/mol. The molecule has 4 aliphatic rings. The molecule has 2 N–H and O–H groups in total. The van der Waals surface area contributed by atoms with Gasteiger partial charge in [-0.15, -0.1) is 0 Å². The number of carbonyl (C=O) groups excluding carboxylic acids is 4. The minimum atomic E-state index is -1.49. The molecule has 2 aromatic carbocycles. The van der Waals surface area contributed by atoms with Crippen molar-refractivity contribution in [2.45, 2.75) is 56.1 Å². The van der Waals surface area contributed by atoms with E-state index in [-0.39, 0.29) is 38.4 Å². The summed E-state index contributed by atoms with van der Waals surface area (Å²) in [4.78, 5) is 58.9. The van der Waals surface area contributed by atoms with Crippen molar-refractivity contribution in [2.75, 3.05) is 24.6 Å². The van der Waals surface area contributed by atoms with Gasteiger partial charge < -0.3 is 29.7 Å². The minimum absolute atomic E-state index is 0.0928. The molecular formula is C34H36ClN3O7. The number of para-hydroxylation sites is 1. The fraction of sp³-hybridized carbons (Fsp3) is 0.412. The van der Waals surface area contributed by atoms with Crippen LogP contribution in [-0.4, -0.2) is 77.2 Å². The largest absolute Gasteiger partial charge is 0.455 e. The lowest BCUT2D eigenvalue weighted by Crippen LogP contribution is -2.55. The van der Waals surface area contributed by atoms with Gasteiger partial charge in [-0.2, -0.15) is 0 Å². The highest BCUT2D eigenvalue weighted by molar-refractivity contribution is 6.34. The van der Waals surface area contributed by atoms with E-state index in [1.807, 2.05) is 30.3 Å². The van der Waals surface area contributed by atoms with Crippen molar-refractivity contribution < 1.29 is 33.8 Å². The van der Waals surface area contributed by atoms with E-state index < -0.39 is 59.5 Å². The van der Waals surface area contributed by atoms with Crippen LogP contribution in [0.5, 0.6) is 0 Å². The van der Waals surface area contributed by atoms with Gasteiger partial charge in [0.25, 0.3) is 5.91 Å². The molecule has 45 heavy (non-hydrogen) atoms. The second kappa shape index (κ2) is 12.8. The summed E-state index contributed by atoms with van der Waals surface area (Å²) in [7, 11) is 0. The van der Waals surface area contributed by atoms with E-state index in [0.29, 0.717) is 22.7 Å². The number of ether oxygens (including phenoxy) is 2. The van der Waals surface area contributed by atoms with Crippen molar-refractivity contribution in [3.63, 3.8) is 0 Å². The van der Waals surface area contributed by atoms with E-state index in [4.69, 9.17) is 21.1 Å². The monoisotopic (exact) mass is 633 g/mol. The molecular weight excluding hydrogens is 598 g/mol. The molecule has 1 spiro atoms. The Morgan fingerprint density at radius 2 is 1.78 bits per heavy atom. The number of aliphatic hydroxyl groups is 1. The number of carbonyl (C=O) groups is 4. The topological polar surface area (TPSA) is 125 Å². The number of benzene rings is 2. The van der Waals surface area contributed by atoms with Crippen LogP contribution in [0.4, 0.5) is 5.69 Å². The van der Waals surface area contributed by atoms with Crippen molar-refractivity contribution in [1.29, 1.82) is 0 Å². The van der Waals surface area contributed by atoms with Crippen LogP contribution in [0, 0.1) is 11.8 Å². The molecule has 2 aromatic rings. The number of anilines is 1. The first-order valence-corrected chi connectivity index (χ1v) is 15.7. The Labute approximate surface area is 266 Å². The zero-order valence-electron chi connectivity index (χ0n) is 24.9. The van der Waals surface area contributed by atoms with Crippen LogP contribution in [0.15, 0.2) is 78.9 Å². The van der Waals surface area contributed by atoms with Gasteiger partial charge in [0.15, 0.2) is 0 Å². The molecule has 0 aromatic heterocycles. The zero-order valence-corrected chi connectivity index (χ0v) is 25.6. The van der Waals surface area contributed by atoms with Gasteiger partial charge in [-0.1, -0.05) is 78.4 Å². The van der Waals surface area contributed by atoms with Gasteiger partial charge in [0.05, 0.1) is 28.8 Å². The number of likely N-dealkylation sites (tertiary alicyclic amines) is 1. The van der Waals surface area contributed by atoms with Gasteiger partial charge in [-0.25, -0.2) is 0 Å². The lowest BCUT2D eigenvalue weighted by molar-refractivity contribution is -0.161. The van der Waals surface area contributed by atoms with Crippen LogP contribution in [-0.2, 0) is 28.7 Å². The van der Waals surface area contributed by atoms with E-state index in [9.17, 15) is 24.3 Å². The lowest BCUT2D eigenvalue weighted by Gasteiger charge is -2.35. The number of allylic oxidation sites excluding steroid dienone is 1. The molecule has 236 valence electrons. The normalized spacial score (nSPS) is 32.4. The summed E-state index contributed by atoms with van der Waals surface area (Å²) in [5.74, 6) is -3.81. The number of fused-ring (bicyclic) bond motifs is 2. The number of aliphatic hydroxyl groups excluding tert-OH is 1. The van der Waals surface area contributed by atoms with Gasteiger partial charge in [-0.3, -0.25) is 19.2 Å². The summed E-state index contributed by atoms with van der Waals surface area (Å²) >= 11 is 6.51. The van der Waals surface area contributed by atoms with Gasteiger partial charge in [0.1, 0.15) is 23.7 Å². The predicted octanol–water partition coefficient (Wildman–Crippen LogP) is 3.35. The first-order valence-electron chi connectivity index (χ1n) is 15.3. The van der Waals surface area contributed by atoms with Crippen molar-refractivity contribution in [2.24, 2.45) is 11.8 Å². The number of nitrogens with zero attached hydrogens (tertiary/aromatic N) is 2. The Kier molecular flexibility index (Phi) is 8.81. The molecule has 3 amide bonds. The summed E-state index contributed by atoms with van der Waals surface area (Å²) in [6.45, 7) is 1.86. The van der Waals surface area contributed by atoms with Crippen LogP contribution >= 0.6 is 11.6 Å². The standard InChI is InChI=1S/C34H36ClN3O7/c1-21-29(22-11-3-2-4-12-22)44-33(43)27-25(15-7-8-16-26(40)36-21)45-34-17-9-18-37(24-14-6-5-13-23(24)35)32(42)30(34)38(19-10-20-39)31(41)28(27)34/h2-7,9,11-15,17,21,25,27-30,39H,8,10,16,18-20H2,1H3,(H,36,40)/b15-7-/t21-,25-,27+,28+,29+,30-,34+/m1/s1. The quantitative estimate of drug-likeness (QED) is 0.382. The Morgan fingerprint density at radius 1 is 1.02 bits per heavy atom. The number of cyclic esters (lactones) is 1. The molecule has 0 unspecified atom stereocenters. The Balaban J connectivity index is 1.44. The van der Waals surface area contributed by atoms with Gasteiger partial charge in [-0.05, 0) is 37.5 Å². The maximum atomic E-state index is 14.5. The number of rotatable bonds is 5. The molecule has 0 saturated carbocycles. The number of hydrogen-bond acceptors (Lipinski definition) is 7. The minimum Gasteiger partial charge on any atom is -0.455 e. The number of hydrogen-bond donors (Lipinski definition) is 2. The van der Waals surface area contributed by atoms with E-state index in [2.05, 4.69) is 5.32 Å². The molecule has 10 nitrogen and oxygen atoms in total. The fourth-order valence-corrected chi connectivity index (χ4v) is 7.31. The maximum Gasteiger partial charge on any atom is 0.313 e. The predicted molar refractivity (Wildman–Crippen MR) is 166 cm³/mol. The fourth-order valence-electron chi connectivity index (χ4n) is 7.07. The first kappa shape index (κ1) is 31.0. The summed E-state index contributed by atoms with van der Waals surface area (Å²) in [5, 5.41) is 13.0. The summed E-state index contributed by atoms with van der Waals surface area (Å²) in [6, 6.07) is 14.4. The molecule has 2 saturated heterocycles. The Hall–Kier alpha value is -3.99. The van der Waals surface area contributed by atoms with Crippen LogP contribution < -0.4 is 10.2 Å². The Bertz CT molecular complexity index is 1530. The molecule has 0 radical (unpaired) electrons. The lowest BCUT2D eigenvalue weighted by atomic mass is 9.77. The number of esters is 1. The SMILES string of the molecule is C[C@H]1NC(=O)CC/C=C\[C@H]2O[C@]34C=CCN(c5ccccc5Cl)C(=O)[C@H]3N(CCCO)C(=O)[C@@H]4[C@H]2C(=O)O[C@@H]1c1ccccc1. The molecule has 11 heteroatoms. The summed E-state index contributed by atoms with van der Waals surface area (Å²) in [6.07, 6.45) is 6.10. The summed E-state index contributed by atoms with van der Waals surface area (Å²) < 4.78 is 12.9. The average Bonchev–Trinajstić information content (AvgIpc) is 3.41. The van der Waals surface area contributed by atoms with E-state index in [0.717, 1.165) is 0 Å². The number of halogens is 1. The van der Waals surface area contributed by atoms with Gasteiger partial charge >= 0.3 is 5.97 Å². The van der Waals surface area contributed by atoms with Crippen LogP contribution in [0.25, 0.3) is 0 Å². The molecule has 0 aliphatic carbocycles. The number of nitrogens with one attached hydrogen (secondary N) is 1. The Morgan fingerprint density at radius 3 is 2.53 bits per heavy atom. The first-order chi connectivity index (χ1) is 21.8. The van der Waals surface area contributed by atoms with Crippen molar-refractivity contribution in [3.8, 4) is 0 Å². The smallest absolute Gasteiger partial charge is 0.313 e. The molecule has 2 fully saturated rings. The van der Waals surface area contributed by atoms with Crippen molar-refractivity contribution in [3.05, 3.63) is 89.5 Å². The molecule has 0 bridgehead atoms. The van der Waals surface area contributed by atoms with Crippen molar-refractivity contribution >= 4 is 41.0 Å². The van der Waals surface area contributed by atoms with E-state index >= 15 is 0 Å². The third kappa shape index (κ3) is 5.55. The molecule has 4 heterocycles. The van der Waals surface area contributed by atoms with Crippen LogP contribution in [0.2, 0.25) is 5.02 Å². The van der Waals surface area contributed by atoms with Gasteiger partial charge in [0.2, 0.25) is 11.8 Å². The second-order valence-electron chi connectivity index (χ2n) is 11.8. The molecule has 4 aliphatic heterocycles. The molecule has 6 rings (SSSR count). The zero-order chi connectivity index (χ0) is 31.7. The van der Waals surface area contributed by atoms with E-state index in [1.165, 1.54) is 9.80 Å². The third-order valence-corrected chi connectivity index (χ3v) is 9.36. The highest BCUT2D eigenvalue weighted by Crippen LogP contribution is 2.53. The number of amides is 3. The van der Waals surface area contributed by atoms with Crippen LogP contribution in [0.1, 0.15) is 37.9 Å². The van der Waals surface area contributed by atoms with Gasteiger partial charge in [0, 0.05) is 26.1 Å². The summed E-state index contributed by atoms with van der Waals surface area (Å²) in [5.41, 5.74) is -0.304. The van der Waals surface area contributed by atoms with E-state index in [1.54, 1.807) is 55.5 Å². The second-order valence-corrected chi connectivity index (χ2v) is 12.3. The maximum absolute atomic E-state index is 14.5. The third-order valence-electron chi connectivity index (χ3n) is 9.04. The highest BCUT2D eigenvalue weighted by Gasteiger charge is 2.71. The molecule has 7 atom stereocenters.